The molecule has 3 rings (SSSR count). The van der Waals surface area contributed by atoms with Crippen molar-refractivity contribution >= 4 is 17.8 Å². The van der Waals surface area contributed by atoms with Crippen molar-refractivity contribution in [2.24, 2.45) is 11.3 Å². The van der Waals surface area contributed by atoms with E-state index in [0.29, 0.717) is 18.8 Å². The smallest absolute Gasteiger partial charge is 0.277 e. The highest BCUT2D eigenvalue weighted by molar-refractivity contribution is 6.19. The van der Waals surface area contributed by atoms with E-state index in [-0.39, 0.29) is 11.8 Å². The van der Waals surface area contributed by atoms with E-state index < -0.39 is 17.0 Å². The summed E-state index contributed by atoms with van der Waals surface area (Å²) in [6.07, 6.45) is 6.05. The monoisotopic (exact) mass is 278 g/mol. The Morgan fingerprint density at radius 3 is 2.25 bits per heavy atom. The van der Waals surface area contributed by atoms with Crippen molar-refractivity contribution in [3.05, 3.63) is 0 Å². The molecule has 5 nitrogen and oxygen atoms in total. The van der Waals surface area contributed by atoms with E-state index in [1.807, 2.05) is 13.8 Å². The van der Waals surface area contributed by atoms with Crippen molar-refractivity contribution in [2.45, 2.75) is 64.3 Å². The summed E-state index contributed by atoms with van der Waals surface area (Å²) in [5.41, 5.74) is -1.48. The topological polar surface area (TPSA) is 66.5 Å². The molecule has 1 spiro atoms. The fourth-order valence-corrected chi connectivity index (χ4v) is 3.77. The number of urea groups is 1. The molecule has 1 N–H and O–H groups in total. The van der Waals surface area contributed by atoms with Crippen LogP contribution in [0.4, 0.5) is 4.79 Å². The van der Waals surface area contributed by atoms with Gasteiger partial charge in [0.2, 0.25) is 11.8 Å². The first-order chi connectivity index (χ1) is 9.39. The molecule has 0 atom stereocenters. The largest absolute Gasteiger partial charge is 0.331 e. The lowest BCUT2D eigenvalue weighted by Crippen LogP contribution is -2.69. The van der Waals surface area contributed by atoms with Gasteiger partial charge < -0.3 is 0 Å². The van der Waals surface area contributed by atoms with Crippen LogP contribution in [-0.2, 0) is 9.59 Å². The molecule has 0 aromatic heterocycles. The van der Waals surface area contributed by atoms with Gasteiger partial charge in [-0.3, -0.25) is 19.8 Å². The Morgan fingerprint density at radius 1 is 1.10 bits per heavy atom. The van der Waals surface area contributed by atoms with Crippen LogP contribution in [0.2, 0.25) is 0 Å². The Hall–Kier alpha value is -1.39. The van der Waals surface area contributed by atoms with E-state index in [1.54, 1.807) is 0 Å². The van der Waals surface area contributed by atoms with Crippen LogP contribution >= 0.6 is 0 Å². The molecule has 0 unspecified atom stereocenters. The summed E-state index contributed by atoms with van der Waals surface area (Å²) in [5.74, 6) is -0.274. The van der Waals surface area contributed by atoms with Crippen LogP contribution in [0.25, 0.3) is 0 Å². The van der Waals surface area contributed by atoms with Crippen LogP contribution in [0.5, 0.6) is 0 Å². The predicted octanol–water partition coefficient (Wildman–Crippen LogP) is 2.20. The molecular weight excluding hydrogens is 256 g/mol. The molecule has 2 saturated carbocycles. The number of nitrogens with one attached hydrogen (secondary N) is 1. The van der Waals surface area contributed by atoms with Crippen molar-refractivity contribution in [1.82, 2.24) is 10.2 Å². The molecule has 110 valence electrons. The number of hydrogen-bond acceptors (Lipinski definition) is 3. The minimum atomic E-state index is -0.988. The SMILES string of the molecule is CC(C)(C1CC1)N1C(=O)NC(=O)C2(CCCCC2)C1=O. The van der Waals surface area contributed by atoms with Crippen LogP contribution in [0.15, 0.2) is 0 Å². The van der Waals surface area contributed by atoms with Crippen LogP contribution in [0.1, 0.15) is 58.8 Å². The molecule has 4 amide bonds. The van der Waals surface area contributed by atoms with Gasteiger partial charge in [0.05, 0.1) is 0 Å². The lowest BCUT2D eigenvalue weighted by molar-refractivity contribution is -0.157. The van der Waals surface area contributed by atoms with Gasteiger partial charge in [-0.25, -0.2) is 4.79 Å². The lowest BCUT2D eigenvalue weighted by atomic mass is 9.70. The third-order valence-corrected chi connectivity index (χ3v) is 5.33. The van der Waals surface area contributed by atoms with Gasteiger partial charge >= 0.3 is 6.03 Å². The van der Waals surface area contributed by atoms with Crippen LogP contribution in [0, 0.1) is 11.3 Å². The van der Waals surface area contributed by atoms with E-state index in [4.69, 9.17) is 0 Å². The van der Waals surface area contributed by atoms with Crippen molar-refractivity contribution in [3.63, 3.8) is 0 Å². The molecule has 1 aliphatic heterocycles. The zero-order valence-electron chi connectivity index (χ0n) is 12.2. The second-order valence-electron chi connectivity index (χ2n) is 6.97. The maximum Gasteiger partial charge on any atom is 0.331 e. The number of barbiturate groups is 1. The maximum atomic E-state index is 12.9. The molecule has 1 heterocycles. The molecule has 3 fully saturated rings. The number of amides is 4. The fraction of sp³-hybridized carbons (Fsp3) is 0.800. The Bertz CT molecular complexity index is 474. The van der Waals surface area contributed by atoms with Crippen LogP contribution in [0.3, 0.4) is 0 Å². The summed E-state index contributed by atoms with van der Waals surface area (Å²) in [4.78, 5) is 38.8. The van der Waals surface area contributed by atoms with Gasteiger partial charge in [0.1, 0.15) is 5.41 Å². The number of carbonyl (C=O) groups is 3. The summed E-state index contributed by atoms with van der Waals surface area (Å²) in [5, 5.41) is 2.44. The zero-order chi connectivity index (χ0) is 14.5. The van der Waals surface area contributed by atoms with E-state index in [2.05, 4.69) is 5.32 Å². The summed E-state index contributed by atoms with van der Waals surface area (Å²) in [7, 11) is 0. The van der Waals surface area contributed by atoms with Gasteiger partial charge in [0.25, 0.3) is 0 Å². The summed E-state index contributed by atoms with van der Waals surface area (Å²) in [6.45, 7) is 3.88. The standard InChI is InChI=1S/C15H22N2O3/c1-14(2,10-6-7-10)17-12(19)15(8-4-3-5-9-15)11(18)16-13(17)20/h10H,3-9H2,1-2H3,(H,16,18,20). The van der Waals surface area contributed by atoms with Gasteiger partial charge in [0.15, 0.2) is 0 Å². The third kappa shape index (κ3) is 1.79. The normalized spacial score (nSPS) is 26.9. The average Bonchev–Trinajstić information content (AvgIpc) is 3.22. The molecule has 0 bridgehead atoms. The Balaban J connectivity index is 1.96. The first-order valence-corrected chi connectivity index (χ1v) is 7.60. The highest BCUT2D eigenvalue weighted by Crippen LogP contribution is 2.47. The summed E-state index contributed by atoms with van der Waals surface area (Å²) >= 11 is 0. The first kappa shape index (κ1) is 13.6. The zero-order valence-corrected chi connectivity index (χ0v) is 12.2. The second-order valence-corrected chi connectivity index (χ2v) is 6.97. The average molecular weight is 278 g/mol. The molecule has 3 aliphatic rings. The van der Waals surface area contributed by atoms with E-state index in [1.165, 1.54) is 4.90 Å². The summed E-state index contributed by atoms with van der Waals surface area (Å²) < 4.78 is 0. The van der Waals surface area contributed by atoms with E-state index in [0.717, 1.165) is 32.1 Å². The van der Waals surface area contributed by atoms with Gasteiger partial charge in [-0.1, -0.05) is 19.3 Å². The Morgan fingerprint density at radius 2 is 1.70 bits per heavy atom. The van der Waals surface area contributed by atoms with Gasteiger partial charge in [-0.15, -0.1) is 0 Å². The Labute approximate surface area is 119 Å². The third-order valence-electron chi connectivity index (χ3n) is 5.33. The van der Waals surface area contributed by atoms with Crippen molar-refractivity contribution in [1.29, 1.82) is 0 Å². The lowest BCUT2D eigenvalue weighted by Gasteiger charge is -2.47. The summed E-state index contributed by atoms with van der Waals surface area (Å²) in [6, 6.07) is -0.534. The number of hydrogen-bond donors (Lipinski definition) is 1. The molecule has 20 heavy (non-hydrogen) atoms. The fourth-order valence-electron chi connectivity index (χ4n) is 3.77. The quantitative estimate of drug-likeness (QED) is 0.787. The molecule has 0 aromatic carbocycles. The first-order valence-electron chi connectivity index (χ1n) is 7.60. The van der Waals surface area contributed by atoms with Gasteiger partial charge in [-0.2, -0.15) is 0 Å². The predicted molar refractivity (Wildman–Crippen MR) is 72.7 cm³/mol. The maximum absolute atomic E-state index is 12.9. The van der Waals surface area contributed by atoms with Crippen LogP contribution < -0.4 is 5.32 Å². The number of imide groups is 2. The molecule has 1 saturated heterocycles. The molecule has 5 heteroatoms. The second kappa shape index (κ2) is 4.30. The highest BCUT2D eigenvalue weighted by atomic mass is 16.2. The number of carbonyl (C=O) groups excluding carboxylic acids is 3. The van der Waals surface area contributed by atoms with Crippen molar-refractivity contribution in [2.75, 3.05) is 0 Å². The minimum Gasteiger partial charge on any atom is -0.277 e. The van der Waals surface area contributed by atoms with Crippen LogP contribution in [-0.4, -0.2) is 28.3 Å². The van der Waals surface area contributed by atoms with Crippen molar-refractivity contribution in [3.8, 4) is 0 Å². The molecule has 0 aromatic rings. The Kier molecular flexibility index (Phi) is 2.92. The van der Waals surface area contributed by atoms with E-state index in [9.17, 15) is 14.4 Å². The molecule has 0 radical (unpaired) electrons. The van der Waals surface area contributed by atoms with Crippen molar-refractivity contribution < 1.29 is 14.4 Å². The minimum absolute atomic E-state index is 0.261. The highest BCUT2D eigenvalue weighted by Gasteiger charge is 2.59. The molecular formula is C15H22N2O3. The van der Waals surface area contributed by atoms with Gasteiger partial charge in [-0.05, 0) is 45.4 Å². The number of rotatable bonds is 2. The van der Waals surface area contributed by atoms with E-state index >= 15 is 0 Å². The van der Waals surface area contributed by atoms with Gasteiger partial charge in [0, 0.05) is 5.54 Å². The number of nitrogens with zero attached hydrogens (tertiary/aromatic N) is 1. The molecule has 2 aliphatic carbocycles.